The standard InChI is InChI=1S/C20H13Cl2F3N4O3/c1-28(17-15(22)8-12(9-26-17)20(23,24)25)29-10-14(18(31)27-19(29)32)16(30)7-4-11-2-5-13(21)6-3-11/h2-10H,1H3,(H,27,31,32)/b7-4+. The predicted molar refractivity (Wildman–Crippen MR) is 114 cm³/mol. The molecule has 0 aliphatic rings. The molecule has 12 heteroatoms. The summed E-state index contributed by atoms with van der Waals surface area (Å²) in [6, 6.07) is 7.20. The number of carbonyl (C=O) groups excluding carboxylic acids is 1. The molecule has 2 heterocycles. The van der Waals surface area contributed by atoms with Crippen LogP contribution in [0.25, 0.3) is 6.08 Å². The van der Waals surface area contributed by atoms with E-state index in [0.717, 1.165) is 22.0 Å². The Hall–Kier alpha value is -3.37. The van der Waals surface area contributed by atoms with E-state index in [9.17, 15) is 27.6 Å². The lowest BCUT2D eigenvalue weighted by molar-refractivity contribution is -0.137. The van der Waals surface area contributed by atoms with Crippen molar-refractivity contribution in [2.45, 2.75) is 6.18 Å². The monoisotopic (exact) mass is 484 g/mol. The van der Waals surface area contributed by atoms with Crippen molar-refractivity contribution in [1.29, 1.82) is 0 Å². The maximum atomic E-state index is 12.8. The molecule has 166 valence electrons. The second-order valence-corrected chi connectivity index (χ2v) is 7.29. The second-order valence-electron chi connectivity index (χ2n) is 6.45. The van der Waals surface area contributed by atoms with Gasteiger partial charge < -0.3 is 0 Å². The van der Waals surface area contributed by atoms with Gasteiger partial charge in [0.2, 0.25) is 0 Å². The molecule has 0 saturated heterocycles. The Morgan fingerprint density at radius 3 is 2.44 bits per heavy atom. The molecule has 0 fully saturated rings. The summed E-state index contributed by atoms with van der Waals surface area (Å²) in [5, 5.41) is 1.12. The first kappa shape index (κ1) is 23.3. The van der Waals surface area contributed by atoms with Crippen molar-refractivity contribution in [3.05, 3.63) is 96.4 Å². The van der Waals surface area contributed by atoms with E-state index in [1.807, 2.05) is 4.98 Å². The van der Waals surface area contributed by atoms with Crippen LogP contribution in [-0.2, 0) is 6.18 Å². The number of allylic oxidation sites excluding steroid dienone is 1. The van der Waals surface area contributed by atoms with Gasteiger partial charge in [0.05, 0.1) is 10.6 Å². The fourth-order valence-electron chi connectivity index (χ4n) is 2.62. The number of benzene rings is 1. The summed E-state index contributed by atoms with van der Waals surface area (Å²) >= 11 is 11.7. The first-order valence-corrected chi connectivity index (χ1v) is 9.53. The second kappa shape index (κ2) is 9.01. The number of aromatic amines is 1. The number of hydrogen-bond donors (Lipinski definition) is 1. The molecule has 0 aliphatic heterocycles. The lowest BCUT2D eigenvalue weighted by atomic mass is 10.1. The van der Waals surface area contributed by atoms with Gasteiger partial charge in [0.15, 0.2) is 11.6 Å². The summed E-state index contributed by atoms with van der Waals surface area (Å²) < 4.78 is 39.3. The maximum absolute atomic E-state index is 12.8. The lowest BCUT2D eigenvalue weighted by Gasteiger charge is -2.21. The molecule has 0 amide bonds. The minimum absolute atomic E-state index is 0.205. The summed E-state index contributed by atoms with van der Waals surface area (Å²) in [5.41, 5.74) is -2.70. The topological polar surface area (TPSA) is 88.1 Å². The number of nitrogens with one attached hydrogen (secondary N) is 1. The number of alkyl halides is 3. The van der Waals surface area contributed by atoms with Crippen LogP contribution in [0.5, 0.6) is 0 Å². The number of rotatable bonds is 5. The molecule has 0 unspecified atom stereocenters. The van der Waals surface area contributed by atoms with Gasteiger partial charge in [0.1, 0.15) is 5.56 Å². The Bertz CT molecular complexity index is 1320. The van der Waals surface area contributed by atoms with Gasteiger partial charge in [-0.15, -0.1) is 0 Å². The third-order valence-electron chi connectivity index (χ3n) is 4.27. The molecule has 0 spiro atoms. The summed E-state index contributed by atoms with van der Waals surface area (Å²) in [5.74, 6) is -0.918. The highest BCUT2D eigenvalue weighted by atomic mass is 35.5. The fraction of sp³-hybridized carbons (Fsp3) is 0.100. The van der Waals surface area contributed by atoms with Gasteiger partial charge in [-0.2, -0.15) is 13.2 Å². The molecule has 0 aliphatic carbocycles. The van der Waals surface area contributed by atoms with Crippen molar-refractivity contribution in [1.82, 2.24) is 14.6 Å². The highest BCUT2D eigenvalue weighted by molar-refractivity contribution is 6.33. The van der Waals surface area contributed by atoms with Crippen LogP contribution in [0.3, 0.4) is 0 Å². The minimum Gasteiger partial charge on any atom is -0.289 e. The molecular weight excluding hydrogens is 472 g/mol. The molecule has 0 radical (unpaired) electrons. The number of hydrogen-bond acceptors (Lipinski definition) is 5. The fourth-order valence-corrected chi connectivity index (χ4v) is 3.04. The molecule has 1 N–H and O–H groups in total. The van der Waals surface area contributed by atoms with E-state index in [1.54, 1.807) is 24.3 Å². The minimum atomic E-state index is -4.65. The predicted octanol–water partition coefficient (Wildman–Crippen LogP) is 4.05. The summed E-state index contributed by atoms with van der Waals surface area (Å²) in [4.78, 5) is 42.6. The van der Waals surface area contributed by atoms with Crippen LogP contribution in [0, 0.1) is 0 Å². The highest BCUT2D eigenvalue weighted by Gasteiger charge is 2.32. The van der Waals surface area contributed by atoms with Gasteiger partial charge in [-0.25, -0.2) is 14.5 Å². The third kappa shape index (κ3) is 5.09. The summed E-state index contributed by atoms with van der Waals surface area (Å²) in [7, 11) is 1.28. The van der Waals surface area contributed by atoms with Gasteiger partial charge in [0.25, 0.3) is 5.56 Å². The van der Waals surface area contributed by atoms with E-state index in [0.29, 0.717) is 22.8 Å². The number of carbonyl (C=O) groups is 1. The zero-order valence-corrected chi connectivity index (χ0v) is 17.7. The third-order valence-corrected chi connectivity index (χ3v) is 4.80. The average Bonchev–Trinajstić information content (AvgIpc) is 2.72. The van der Waals surface area contributed by atoms with Gasteiger partial charge in [-0.3, -0.25) is 19.6 Å². The van der Waals surface area contributed by atoms with Crippen molar-refractivity contribution in [3.8, 4) is 0 Å². The molecular formula is C20H13Cl2F3N4O3. The number of aromatic nitrogens is 3. The maximum Gasteiger partial charge on any atom is 0.417 e. The molecule has 0 atom stereocenters. The number of halogens is 5. The molecule has 32 heavy (non-hydrogen) atoms. The van der Waals surface area contributed by atoms with Crippen LogP contribution in [0.2, 0.25) is 10.0 Å². The normalized spacial score (nSPS) is 11.7. The van der Waals surface area contributed by atoms with Crippen LogP contribution in [-0.4, -0.2) is 27.5 Å². The van der Waals surface area contributed by atoms with Crippen molar-refractivity contribution >= 4 is 40.9 Å². The Kier molecular flexibility index (Phi) is 6.56. The van der Waals surface area contributed by atoms with Crippen molar-refractivity contribution in [3.63, 3.8) is 0 Å². The summed E-state index contributed by atoms with van der Waals surface area (Å²) in [6.07, 6.45) is -0.573. The number of anilines is 1. The van der Waals surface area contributed by atoms with Crippen LogP contribution >= 0.6 is 23.2 Å². The van der Waals surface area contributed by atoms with Crippen molar-refractivity contribution < 1.29 is 18.0 Å². The number of H-pyrrole nitrogens is 1. The quantitative estimate of drug-likeness (QED) is 0.435. The van der Waals surface area contributed by atoms with Crippen LogP contribution in [0.4, 0.5) is 19.0 Å². The van der Waals surface area contributed by atoms with E-state index >= 15 is 0 Å². The van der Waals surface area contributed by atoms with E-state index in [4.69, 9.17) is 23.2 Å². The average molecular weight is 485 g/mol. The van der Waals surface area contributed by atoms with E-state index in [-0.39, 0.29) is 11.4 Å². The molecule has 0 bridgehead atoms. The Morgan fingerprint density at radius 1 is 1.19 bits per heavy atom. The highest BCUT2D eigenvalue weighted by Crippen LogP contribution is 2.33. The molecule has 1 aromatic carbocycles. The zero-order valence-electron chi connectivity index (χ0n) is 16.2. The lowest BCUT2D eigenvalue weighted by Crippen LogP contribution is -2.42. The smallest absolute Gasteiger partial charge is 0.289 e. The van der Waals surface area contributed by atoms with Gasteiger partial charge >= 0.3 is 11.9 Å². The number of nitrogens with zero attached hydrogens (tertiary/aromatic N) is 3. The first-order chi connectivity index (χ1) is 15.0. The van der Waals surface area contributed by atoms with Gasteiger partial charge in [-0.05, 0) is 29.8 Å². The number of ketones is 1. The van der Waals surface area contributed by atoms with E-state index in [2.05, 4.69) is 4.98 Å². The first-order valence-electron chi connectivity index (χ1n) is 8.78. The largest absolute Gasteiger partial charge is 0.417 e. The molecule has 0 saturated carbocycles. The van der Waals surface area contributed by atoms with E-state index in [1.165, 1.54) is 13.1 Å². The molecule has 3 aromatic rings. The van der Waals surface area contributed by atoms with Gasteiger partial charge in [0, 0.05) is 24.5 Å². The van der Waals surface area contributed by atoms with E-state index < -0.39 is 33.8 Å². The van der Waals surface area contributed by atoms with Gasteiger partial charge in [-0.1, -0.05) is 41.4 Å². The van der Waals surface area contributed by atoms with Crippen LogP contribution in [0.15, 0.2) is 58.4 Å². The van der Waals surface area contributed by atoms with Crippen LogP contribution < -0.4 is 16.3 Å². The zero-order chi connectivity index (χ0) is 23.6. The molecule has 7 nitrogen and oxygen atoms in total. The number of pyridine rings is 1. The molecule has 3 rings (SSSR count). The van der Waals surface area contributed by atoms with Crippen molar-refractivity contribution in [2.75, 3.05) is 12.1 Å². The SMILES string of the molecule is CN(c1ncc(C(F)(F)F)cc1Cl)n1cc(C(=O)/C=C/c2ccc(Cl)cc2)c(=O)[nH]c1=O. The molecule has 2 aromatic heterocycles. The summed E-state index contributed by atoms with van der Waals surface area (Å²) in [6.45, 7) is 0. The Balaban J connectivity index is 1.96. The van der Waals surface area contributed by atoms with Crippen molar-refractivity contribution in [2.24, 2.45) is 0 Å². The Morgan fingerprint density at radius 2 is 1.84 bits per heavy atom. The Labute approximate surface area is 188 Å². The van der Waals surface area contributed by atoms with Crippen LogP contribution in [0.1, 0.15) is 21.5 Å².